The van der Waals surface area contributed by atoms with Crippen LogP contribution < -0.4 is 14.8 Å². The second-order valence-electron chi connectivity index (χ2n) is 8.32. The molecule has 1 aromatic heterocycles. The number of hydrogen-bond donors (Lipinski definition) is 3. The van der Waals surface area contributed by atoms with Crippen LogP contribution in [0.4, 0.5) is 17.6 Å². The van der Waals surface area contributed by atoms with Crippen LogP contribution in [0.1, 0.15) is 52.6 Å². The first-order valence-corrected chi connectivity index (χ1v) is 11.0. The number of carbonyl (C=O) groups is 1. The molecule has 0 bridgehead atoms. The molecular formula is C24H30F4N2O5. The van der Waals surface area contributed by atoms with Crippen LogP contribution in [0.5, 0.6) is 11.5 Å². The van der Waals surface area contributed by atoms with Crippen molar-refractivity contribution in [2.45, 2.75) is 58.4 Å². The number of benzene rings is 1. The molecule has 0 aliphatic rings. The summed E-state index contributed by atoms with van der Waals surface area (Å²) in [6.45, 7) is 5.18. The molecule has 2 rings (SSSR count). The Bertz CT molecular complexity index is 1040. The van der Waals surface area contributed by atoms with Gasteiger partial charge in [-0.3, -0.25) is 9.78 Å². The van der Waals surface area contributed by atoms with Gasteiger partial charge in [-0.2, -0.15) is 13.2 Å². The lowest BCUT2D eigenvalue weighted by atomic mass is 9.94. The third kappa shape index (κ3) is 6.40. The first-order chi connectivity index (χ1) is 16.2. The smallest absolute Gasteiger partial charge is 0.424 e. The average Bonchev–Trinajstić information content (AvgIpc) is 2.78. The van der Waals surface area contributed by atoms with Crippen LogP contribution in [0.15, 0.2) is 18.2 Å². The SMILES string of the molecule is CCCC(O)COc1c(F)cc(C(=O)NCC(O)(c2cc(C)c(C)c(C)n2)C(F)(F)F)cc1OC. The van der Waals surface area contributed by atoms with Gasteiger partial charge in [0.2, 0.25) is 5.60 Å². The van der Waals surface area contributed by atoms with Gasteiger partial charge in [0.1, 0.15) is 6.61 Å². The molecule has 0 saturated heterocycles. The van der Waals surface area contributed by atoms with Crippen molar-refractivity contribution in [2.75, 3.05) is 20.3 Å². The summed E-state index contributed by atoms with van der Waals surface area (Å²) >= 11 is 0. The zero-order chi connectivity index (χ0) is 26.6. The van der Waals surface area contributed by atoms with Crippen LogP contribution in [0, 0.1) is 26.6 Å². The number of ether oxygens (including phenoxy) is 2. The predicted molar refractivity (Wildman–Crippen MR) is 120 cm³/mol. The number of carbonyl (C=O) groups excluding carboxylic acids is 1. The highest BCUT2D eigenvalue weighted by atomic mass is 19.4. The topological polar surface area (TPSA) is 101 Å². The Kier molecular flexibility index (Phi) is 9.07. The Balaban J connectivity index is 2.29. The van der Waals surface area contributed by atoms with Crippen molar-refractivity contribution < 1.29 is 42.0 Å². The van der Waals surface area contributed by atoms with E-state index in [0.717, 1.165) is 18.2 Å². The highest BCUT2D eigenvalue weighted by molar-refractivity contribution is 5.95. The first-order valence-electron chi connectivity index (χ1n) is 11.0. The van der Waals surface area contributed by atoms with Gasteiger partial charge < -0.3 is 25.0 Å². The number of nitrogens with zero attached hydrogens (tertiary/aromatic N) is 1. The highest BCUT2D eigenvalue weighted by Gasteiger charge is 2.56. The normalized spacial score (nSPS) is 14.3. The van der Waals surface area contributed by atoms with E-state index in [1.54, 1.807) is 13.8 Å². The molecule has 0 saturated carbocycles. The molecule has 0 aliphatic carbocycles. The number of pyridine rings is 1. The number of alkyl halides is 3. The zero-order valence-corrected chi connectivity index (χ0v) is 20.2. The maximum absolute atomic E-state index is 14.6. The van der Waals surface area contributed by atoms with Crippen LogP contribution in [0.25, 0.3) is 0 Å². The third-order valence-electron chi connectivity index (χ3n) is 5.71. The van der Waals surface area contributed by atoms with Crippen LogP contribution in [-0.2, 0) is 5.60 Å². The molecular weight excluding hydrogens is 472 g/mol. The quantitative estimate of drug-likeness (QED) is 0.427. The molecule has 1 heterocycles. The fourth-order valence-electron chi connectivity index (χ4n) is 3.34. The van der Waals surface area contributed by atoms with E-state index in [1.807, 2.05) is 12.2 Å². The number of amides is 1. The van der Waals surface area contributed by atoms with Gasteiger partial charge in [0.15, 0.2) is 17.3 Å². The molecule has 1 aromatic carbocycles. The molecule has 0 fully saturated rings. The van der Waals surface area contributed by atoms with Gasteiger partial charge in [0, 0.05) is 11.3 Å². The fourth-order valence-corrected chi connectivity index (χ4v) is 3.34. The molecule has 0 aliphatic heterocycles. The lowest BCUT2D eigenvalue weighted by molar-refractivity contribution is -0.265. The summed E-state index contributed by atoms with van der Waals surface area (Å²) in [6, 6.07) is 2.97. The van der Waals surface area contributed by atoms with Gasteiger partial charge >= 0.3 is 6.18 Å². The first kappa shape index (κ1) is 28.3. The van der Waals surface area contributed by atoms with Gasteiger partial charge in [0.25, 0.3) is 5.91 Å². The molecule has 194 valence electrons. The van der Waals surface area contributed by atoms with Crippen molar-refractivity contribution in [1.29, 1.82) is 0 Å². The number of aryl methyl sites for hydroxylation is 2. The molecule has 2 unspecified atom stereocenters. The van der Waals surface area contributed by atoms with E-state index in [9.17, 15) is 32.6 Å². The second kappa shape index (κ2) is 11.2. The summed E-state index contributed by atoms with van der Waals surface area (Å²) in [5, 5.41) is 22.4. The number of halogens is 4. The molecule has 11 heteroatoms. The summed E-state index contributed by atoms with van der Waals surface area (Å²) in [5.74, 6) is -2.61. The van der Waals surface area contributed by atoms with E-state index >= 15 is 0 Å². The van der Waals surface area contributed by atoms with Gasteiger partial charge in [-0.25, -0.2) is 4.39 Å². The molecule has 7 nitrogen and oxygen atoms in total. The predicted octanol–water partition coefficient (Wildman–Crippen LogP) is 3.87. The van der Waals surface area contributed by atoms with Crippen molar-refractivity contribution in [3.8, 4) is 11.5 Å². The van der Waals surface area contributed by atoms with E-state index in [0.29, 0.717) is 29.7 Å². The Morgan fingerprint density at radius 3 is 2.40 bits per heavy atom. The summed E-state index contributed by atoms with van der Waals surface area (Å²) in [6.07, 6.45) is -4.89. The minimum absolute atomic E-state index is 0.184. The van der Waals surface area contributed by atoms with E-state index in [-0.39, 0.29) is 23.7 Å². The highest BCUT2D eigenvalue weighted by Crippen LogP contribution is 2.39. The third-order valence-corrected chi connectivity index (χ3v) is 5.71. The lowest BCUT2D eigenvalue weighted by Gasteiger charge is -2.31. The zero-order valence-electron chi connectivity index (χ0n) is 20.2. The molecule has 0 radical (unpaired) electrons. The number of rotatable bonds is 10. The number of aliphatic hydroxyl groups excluding tert-OH is 1. The maximum Gasteiger partial charge on any atom is 0.424 e. The molecule has 2 aromatic rings. The van der Waals surface area contributed by atoms with E-state index < -0.39 is 41.8 Å². The van der Waals surface area contributed by atoms with Crippen molar-refractivity contribution in [3.05, 3.63) is 52.1 Å². The van der Waals surface area contributed by atoms with Gasteiger partial charge in [-0.15, -0.1) is 0 Å². The summed E-state index contributed by atoms with van der Waals surface area (Å²) in [5.41, 5.74) is -3.02. The largest absolute Gasteiger partial charge is 0.493 e. The van der Waals surface area contributed by atoms with Crippen molar-refractivity contribution >= 4 is 5.91 Å². The molecule has 35 heavy (non-hydrogen) atoms. The van der Waals surface area contributed by atoms with Crippen molar-refractivity contribution in [2.24, 2.45) is 0 Å². The average molecular weight is 503 g/mol. The standard InChI is InChI=1S/C24H30F4N2O5/c1-6-7-17(31)11-35-21-18(25)9-16(10-19(21)34-5)22(32)29-12-23(33,24(26,27)28)20-8-13(2)14(3)15(4)30-20/h8-10,17,31,33H,6-7,11-12H2,1-5H3,(H,29,32). The minimum Gasteiger partial charge on any atom is -0.493 e. The van der Waals surface area contributed by atoms with E-state index in [2.05, 4.69) is 4.98 Å². The van der Waals surface area contributed by atoms with Crippen LogP contribution in [0.2, 0.25) is 0 Å². The molecule has 3 N–H and O–H groups in total. The van der Waals surface area contributed by atoms with E-state index in [4.69, 9.17) is 9.47 Å². The number of aliphatic hydroxyl groups is 2. The Hall–Kier alpha value is -2.92. The van der Waals surface area contributed by atoms with Gasteiger partial charge in [0.05, 0.1) is 25.5 Å². The second-order valence-corrected chi connectivity index (χ2v) is 8.32. The van der Waals surface area contributed by atoms with Crippen LogP contribution >= 0.6 is 0 Å². The Morgan fingerprint density at radius 2 is 1.86 bits per heavy atom. The number of hydrogen-bond acceptors (Lipinski definition) is 6. The number of aromatic nitrogens is 1. The summed E-state index contributed by atoms with van der Waals surface area (Å²) in [4.78, 5) is 16.5. The molecule has 1 amide bonds. The number of nitrogens with one attached hydrogen (secondary N) is 1. The van der Waals surface area contributed by atoms with Gasteiger partial charge in [-0.1, -0.05) is 13.3 Å². The fraction of sp³-hybridized carbons (Fsp3) is 0.500. The summed E-state index contributed by atoms with van der Waals surface area (Å²) in [7, 11) is 1.20. The van der Waals surface area contributed by atoms with Crippen LogP contribution in [0.3, 0.4) is 0 Å². The number of methoxy groups -OCH3 is 1. The minimum atomic E-state index is -5.17. The monoisotopic (exact) mass is 502 g/mol. The van der Waals surface area contributed by atoms with Crippen molar-refractivity contribution in [1.82, 2.24) is 10.3 Å². The summed E-state index contributed by atoms with van der Waals surface area (Å²) < 4.78 is 66.6. The maximum atomic E-state index is 14.6. The Labute approximate surface area is 201 Å². The lowest BCUT2D eigenvalue weighted by Crippen LogP contribution is -2.51. The van der Waals surface area contributed by atoms with E-state index in [1.165, 1.54) is 14.0 Å². The molecule has 2 atom stereocenters. The Morgan fingerprint density at radius 1 is 1.20 bits per heavy atom. The van der Waals surface area contributed by atoms with Gasteiger partial charge in [-0.05, 0) is 56.5 Å². The molecule has 0 spiro atoms. The van der Waals surface area contributed by atoms with Crippen molar-refractivity contribution in [3.63, 3.8) is 0 Å². The van der Waals surface area contributed by atoms with Crippen LogP contribution in [-0.4, -0.2) is 53.6 Å².